The van der Waals surface area contributed by atoms with Gasteiger partial charge in [-0.05, 0) is 32.2 Å². The van der Waals surface area contributed by atoms with Gasteiger partial charge >= 0.3 is 0 Å². The number of unbranched alkanes of at least 4 members (excludes halogenated alkanes) is 3. The smallest absolute Gasteiger partial charge is 0.0181 e. The molecule has 0 spiro atoms. The molecule has 1 unspecified atom stereocenters. The summed E-state index contributed by atoms with van der Waals surface area (Å²) in [5.74, 6) is 0. The maximum Gasteiger partial charge on any atom is 0.0181 e. The van der Waals surface area contributed by atoms with Crippen molar-refractivity contribution in [2.45, 2.75) is 77.2 Å². The summed E-state index contributed by atoms with van der Waals surface area (Å²) in [5, 5.41) is 3.75. The van der Waals surface area contributed by atoms with Crippen LogP contribution in [0.5, 0.6) is 0 Å². The van der Waals surface area contributed by atoms with Crippen molar-refractivity contribution >= 4 is 0 Å². The molecule has 1 atom stereocenters. The lowest BCUT2D eigenvalue weighted by Gasteiger charge is -2.29. The Morgan fingerprint density at radius 1 is 1.00 bits per heavy atom. The summed E-state index contributed by atoms with van der Waals surface area (Å²) in [6.45, 7) is 5.86. The highest BCUT2D eigenvalue weighted by atomic mass is 15.0. The molecule has 0 saturated carbocycles. The van der Waals surface area contributed by atoms with Crippen LogP contribution in [-0.4, -0.2) is 12.1 Å². The first-order valence-corrected chi connectivity index (χ1v) is 6.58. The molecular weight excluding hydrogens is 170 g/mol. The minimum Gasteiger partial charge on any atom is -0.311 e. The number of rotatable bonds is 7. The predicted octanol–water partition coefficient (Wildman–Crippen LogP) is 3.88. The highest BCUT2D eigenvalue weighted by Gasteiger charge is 2.31. The lowest BCUT2D eigenvalue weighted by Crippen LogP contribution is -2.39. The Morgan fingerprint density at radius 3 is 2.43 bits per heavy atom. The maximum atomic E-state index is 3.75. The average molecular weight is 197 g/mol. The minimum atomic E-state index is 0.544. The van der Waals surface area contributed by atoms with Gasteiger partial charge in [0, 0.05) is 5.54 Å². The van der Waals surface area contributed by atoms with Crippen molar-refractivity contribution in [1.82, 2.24) is 5.32 Å². The van der Waals surface area contributed by atoms with Crippen LogP contribution in [0.2, 0.25) is 0 Å². The Balaban J connectivity index is 2.21. The average Bonchev–Trinajstić information content (AvgIpc) is 2.63. The molecule has 0 radical (unpaired) electrons. The van der Waals surface area contributed by atoms with Crippen molar-refractivity contribution in [2.24, 2.45) is 0 Å². The van der Waals surface area contributed by atoms with Crippen LogP contribution in [0.3, 0.4) is 0 Å². The van der Waals surface area contributed by atoms with E-state index < -0.39 is 0 Å². The topological polar surface area (TPSA) is 12.0 Å². The number of hydrogen-bond acceptors (Lipinski definition) is 1. The molecular formula is C13H27N. The van der Waals surface area contributed by atoms with E-state index in [4.69, 9.17) is 0 Å². The highest BCUT2D eigenvalue weighted by molar-refractivity contribution is 4.92. The Labute approximate surface area is 89.7 Å². The van der Waals surface area contributed by atoms with Gasteiger partial charge in [-0.25, -0.2) is 0 Å². The van der Waals surface area contributed by atoms with Gasteiger partial charge < -0.3 is 5.32 Å². The third-order valence-electron chi connectivity index (χ3n) is 3.57. The zero-order valence-corrected chi connectivity index (χ0v) is 10.1. The van der Waals surface area contributed by atoms with Gasteiger partial charge in [0.15, 0.2) is 0 Å². The first-order chi connectivity index (χ1) is 6.83. The third kappa shape index (κ3) is 3.61. The SMILES string of the molecule is CCCCCCC1(CCC)CCCN1. The van der Waals surface area contributed by atoms with Crippen LogP contribution >= 0.6 is 0 Å². The largest absolute Gasteiger partial charge is 0.311 e. The Morgan fingerprint density at radius 2 is 1.86 bits per heavy atom. The first kappa shape index (κ1) is 12.0. The lowest BCUT2D eigenvalue weighted by molar-refractivity contribution is 0.308. The summed E-state index contributed by atoms with van der Waals surface area (Å²) in [6, 6.07) is 0. The van der Waals surface area contributed by atoms with Crippen LogP contribution < -0.4 is 5.32 Å². The molecule has 1 aliphatic rings. The molecule has 0 aliphatic carbocycles. The van der Waals surface area contributed by atoms with E-state index in [1.165, 1.54) is 64.3 Å². The van der Waals surface area contributed by atoms with Gasteiger partial charge in [-0.2, -0.15) is 0 Å². The van der Waals surface area contributed by atoms with Crippen molar-refractivity contribution in [2.75, 3.05) is 6.54 Å². The molecule has 84 valence electrons. The van der Waals surface area contributed by atoms with Gasteiger partial charge in [-0.3, -0.25) is 0 Å². The van der Waals surface area contributed by atoms with E-state index in [1.54, 1.807) is 0 Å². The molecule has 0 aromatic carbocycles. The van der Waals surface area contributed by atoms with Crippen molar-refractivity contribution in [3.05, 3.63) is 0 Å². The Bertz CT molecular complexity index is 136. The zero-order valence-electron chi connectivity index (χ0n) is 10.1. The van der Waals surface area contributed by atoms with Gasteiger partial charge in [-0.1, -0.05) is 46.0 Å². The molecule has 1 heterocycles. The van der Waals surface area contributed by atoms with Crippen molar-refractivity contribution in [1.29, 1.82) is 0 Å². The first-order valence-electron chi connectivity index (χ1n) is 6.58. The summed E-state index contributed by atoms with van der Waals surface area (Å²) in [7, 11) is 0. The fourth-order valence-electron chi connectivity index (χ4n) is 2.79. The van der Waals surface area contributed by atoms with E-state index in [0.29, 0.717) is 5.54 Å². The van der Waals surface area contributed by atoms with Crippen molar-refractivity contribution in [3.8, 4) is 0 Å². The summed E-state index contributed by atoms with van der Waals surface area (Å²) < 4.78 is 0. The Kier molecular flexibility index (Phi) is 5.54. The van der Waals surface area contributed by atoms with E-state index in [9.17, 15) is 0 Å². The van der Waals surface area contributed by atoms with Gasteiger partial charge in [0.2, 0.25) is 0 Å². The van der Waals surface area contributed by atoms with E-state index in [1.807, 2.05) is 0 Å². The molecule has 1 rings (SSSR count). The molecule has 1 aliphatic heterocycles. The van der Waals surface area contributed by atoms with Gasteiger partial charge in [0.25, 0.3) is 0 Å². The fourth-order valence-corrected chi connectivity index (χ4v) is 2.79. The van der Waals surface area contributed by atoms with Gasteiger partial charge in [0.05, 0.1) is 0 Å². The standard InChI is InChI=1S/C13H27N/c1-3-5-6-7-10-13(9-4-2)11-8-12-14-13/h14H,3-12H2,1-2H3. The van der Waals surface area contributed by atoms with E-state index >= 15 is 0 Å². The summed E-state index contributed by atoms with van der Waals surface area (Å²) >= 11 is 0. The van der Waals surface area contributed by atoms with Crippen molar-refractivity contribution in [3.63, 3.8) is 0 Å². The zero-order chi connectivity index (χ0) is 10.3. The summed E-state index contributed by atoms with van der Waals surface area (Å²) in [6.07, 6.45) is 12.6. The van der Waals surface area contributed by atoms with E-state index in [2.05, 4.69) is 19.2 Å². The quantitative estimate of drug-likeness (QED) is 0.611. The molecule has 1 N–H and O–H groups in total. The summed E-state index contributed by atoms with van der Waals surface area (Å²) in [5.41, 5.74) is 0.544. The minimum absolute atomic E-state index is 0.544. The molecule has 0 bridgehead atoms. The Hall–Kier alpha value is -0.0400. The van der Waals surface area contributed by atoms with E-state index in [0.717, 1.165) is 0 Å². The molecule has 1 heteroatoms. The van der Waals surface area contributed by atoms with Crippen LogP contribution in [-0.2, 0) is 0 Å². The lowest BCUT2D eigenvalue weighted by atomic mass is 9.86. The number of hydrogen-bond donors (Lipinski definition) is 1. The summed E-state index contributed by atoms with van der Waals surface area (Å²) in [4.78, 5) is 0. The fraction of sp³-hybridized carbons (Fsp3) is 1.00. The molecule has 1 fully saturated rings. The van der Waals surface area contributed by atoms with Gasteiger partial charge in [0.1, 0.15) is 0 Å². The second kappa shape index (κ2) is 6.44. The van der Waals surface area contributed by atoms with E-state index in [-0.39, 0.29) is 0 Å². The molecule has 14 heavy (non-hydrogen) atoms. The molecule has 1 nitrogen and oxygen atoms in total. The van der Waals surface area contributed by atoms with Crippen LogP contribution in [0.15, 0.2) is 0 Å². The van der Waals surface area contributed by atoms with Crippen molar-refractivity contribution < 1.29 is 0 Å². The molecule has 0 aromatic rings. The monoisotopic (exact) mass is 197 g/mol. The second-order valence-corrected chi connectivity index (χ2v) is 4.87. The van der Waals surface area contributed by atoms with Crippen LogP contribution in [0, 0.1) is 0 Å². The highest BCUT2D eigenvalue weighted by Crippen LogP contribution is 2.30. The third-order valence-corrected chi connectivity index (χ3v) is 3.57. The van der Waals surface area contributed by atoms with Crippen LogP contribution in [0.4, 0.5) is 0 Å². The number of nitrogens with one attached hydrogen (secondary N) is 1. The normalized spacial score (nSPS) is 27.0. The van der Waals surface area contributed by atoms with Crippen LogP contribution in [0.25, 0.3) is 0 Å². The second-order valence-electron chi connectivity index (χ2n) is 4.87. The van der Waals surface area contributed by atoms with Crippen LogP contribution in [0.1, 0.15) is 71.6 Å². The molecule has 1 saturated heterocycles. The maximum absolute atomic E-state index is 3.75. The molecule has 0 aromatic heterocycles. The molecule has 0 amide bonds. The van der Waals surface area contributed by atoms with Gasteiger partial charge in [-0.15, -0.1) is 0 Å². The predicted molar refractivity (Wildman–Crippen MR) is 63.6 cm³/mol.